The zero-order valence-electron chi connectivity index (χ0n) is 8.76. The molecule has 0 aromatic rings. The van der Waals surface area contributed by atoms with Crippen molar-refractivity contribution in [2.45, 2.75) is 51.5 Å². The molecule has 13 heavy (non-hydrogen) atoms. The number of hydrogen-bond acceptors (Lipinski definition) is 2. The summed E-state index contributed by atoms with van der Waals surface area (Å²) in [6, 6.07) is 0.731. The van der Waals surface area contributed by atoms with Crippen LogP contribution in [0, 0.1) is 5.92 Å². The second kappa shape index (κ2) is 6.39. The summed E-state index contributed by atoms with van der Waals surface area (Å²) >= 11 is 0. The van der Waals surface area contributed by atoms with Gasteiger partial charge in [0.25, 0.3) is 0 Å². The van der Waals surface area contributed by atoms with Crippen molar-refractivity contribution in [2.24, 2.45) is 5.92 Å². The number of aliphatic hydroxyl groups excluding tert-OH is 1. The van der Waals surface area contributed by atoms with Crippen LogP contribution in [0.3, 0.4) is 0 Å². The molecular formula is C11H23NO. The molecule has 0 spiro atoms. The van der Waals surface area contributed by atoms with Gasteiger partial charge in [-0.1, -0.05) is 13.3 Å². The van der Waals surface area contributed by atoms with Crippen LogP contribution in [0.2, 0.25) is 0 Å². The highest BCUT2D eigenvalue weighted by atomic mass is 16.3. The van der Waals surface area contributed by atoms with Gasteiger partial charge in [0.05, 0.1) is 0 Å². The van der Waals surface area contributed by atoms with E-state index in [1.807, 2.05) is 0 Å². The van der Waals surface area contributed by atoms with Crippen LogP contribution < -0.4 is 5.32 Å². The molecule has 0 aromatic heterocycles. The Hall–Kier alpha value is -0.0800. The van der Waals surface area contributed by atoms with E-state index in [-0.39, 0.29) is 0 Å². The van der Waals surface area contributed by atoms with Crippen molar-refractivity contribution in [1.29, 1.82) is 0 Å². The smallest absolute Gasteiger partial charge is 0.0459 e. The van der Waals surface area contributed by atoms with E-state index in [0.29, 0.717) is 12.5 Å². The molecule has 0 aliphatic heterocycles. The molecule has 0 radical (unpaired) electrons. The Labute approximate surface area is 81.7 Å². The Morgan fingerprint density at radius 1 is 1.23 bits per heavy atom. The number of unbranched alkanes of at least 4 members (excludes halogenated alkanes) is 1. The maximum atomic E-state index is 8.97. The molecule has 0 saturated heterocycles. The SMILES string of the molecule is CCCCNC1CCC(CO)CC1. The molecule has 2 nitrogen and oxygen atoms in total. The van der Waals surface area contributed by atoms with Gasteiger partial charge in [0.1, 0.15) is 0 Å². The fourth-order valence-electron chi connectivity index (χ4n) is 2.03. The average Bonchev–Trinajstić information content (AvgIpc) is 2.19. The number of aliphatic hydroxyl groups is 1. The van der Waals surface area contributed by atoms with Crippen molar-refractivity contribution >= 4 is 0 Å². The van der Waals surface area contributed by atoms with Crippen LogP contribution in [0.1, 0.15) is 45.4 Å². The Kier molecular flexibility index (Phi) is 5.40. The van der Waals surface area contributed by atoms with Gasteiger partial charge in [0, 0.05) is 12.6 Å². The maximum Gasteiger partial charge on any atom is 0.0459 e. The quantitative estimate of drug-likeness (QED) is 0.641. The summed E-state index contributed by atoms with van der Waals surface area (Å²) in [5, 5.41) is 12.6. The predicted molar refractivity (Wildman–Crippen MR) is 55.7 cm³/mol. The molecule has 0 bridgehead atoms. The van der Waals surface area contributed by atoms with Crippen LogP contribution in [0.5, 0.6) is 0 Å². The van der Waals surface area contributed by atoms with E-state index in [4.69, 9.17) is 5.11 Å². The van der Waals surface area contributed by atoms with Gasteiger partial charge in [-0.25, -0.2) is 0 Å². The summed E-state index contributed by atoms with van der Waals surface area (Å²) in [5.41, 5.74) is 0. The third-order valence-corrected chi connectivity index (χ3v) is 3.07. The molecule has 1 aliphatic carbocycles. The van der Waals surface area contributed by atoms with E-state index in [9.17, 15) is 0 Å². The lowest BCUT2D eigenvalue weighted by atomic mass is 9.86. The summed E-state index contributed by atoms with van der Waals surface area (Å²) in [7, 11) is 0. The molecule has 2 heteroatoms. The van der Waals surface area contributed by atoms with Crippen LogP contribution in [0.15, 0.2) is 0 Å². The van der Waals surface area contributed by atoms with Crippen molar-refractivity contribution in [3.05, 3.63) is 0 Å². The summed E-state index contributed by atoms with van der Waals surface area (Å²) in [6.07, 6.45) is 7.50. The minimum Gasteiger partial charge on any atom is -0.396 e. The number of nitrogens with one attached hydrogen (secondary N) is 1. The van der Waals surface area contributed by atoms with E-state index in [1.165, 1.54) is 45.1 Å². The maximum absolute atomic E-state index is 8.97. The van der Waals surface area contributed by atoms with Crippen molar-refractivity contribution in [3.8, 4) is 0 Å². The van der Waals surface area contributed by atoms with Gasteiger partial charge in [0.2, 0.25) is 0 Å². The molecule has 1 saturated carbocycles. The highest BCUT2D eigenvalue weighted by Crippen LogP contribution is 2.23. The first kappa shape index (κ1) is 11.0. The number of hydrogen-bond donors (Lipinski definition) is 2. The third kappa shape index (κ3) is 4.10. The Bertz CT molecular complexity index is 117. The molecule has 0 atom stereocenters. The zero-order valence-corrected chi connectivity index (χ0v) is 8.76. The summed E-state index contributed by atoms with van der Waals surface area (Å²) in [6.45, 7) is 3.79. The molecule has 1 aliphatic rings. The van der Waals surface area contributed by atoms with E-state index >= 15 is 0 Å². The standard InChI is InChI=1S/C11H23NO/c1-2-3-8-12-11-6-4-10(9-13)5-7-11/h10-13H,2-9H2,1H3. The van der Waals surface area contributed by atoms with Gasteiger partial charge < -0.3 is 10.4 Å². The topological polar surface area (TPSA) is 32.3 Å². The van der Waals surface area contributed by atoms with Crippen LogP contribution in [0.25, 0.3) is 0 Å². The fraction of sp³-hybridized carbons (Fsp3) is 1.00. The summed E-state index contributed by atoms with van der Waals surface area (Å²) < 4.78 is 0. The van der Waals surface area contributed by atoms with Gasteiger partial charge >= 0.3 is 0 Å². The van der Waals surface area contributed by atoms with E-state index in [0.717, 1.165) is 6.04 Å². The van der Waals surface area contributed by atoms with Crippen molar-refractivity contribution in [3.63, 3.8) is 0 Å². The van der Waals surface area contributed by atoms with Crippen LogP contribution in [-0.2, 0) is 0 Å². The largest absolute Gasteiger partial charge is 0.396 e. The minimum atomic E-state index is 0.391. The fourth-order valence-corrected chi connectivity index (χ4v) is 2.03. The molecule has 1 fully saturated rings. The van der Waals surface area contributed by atoms with E-state index in [1.54, 1.807) is 0 Å². The second-order valence-corrected chi connectivity index (χ2v) is 4.21. The first-order valence-corrected chi connectivity index (χ1v) is 5.71. The average molecular weight is 185 g/mol. The molecular weight excluding hydrogens is 162 g/mol. The monoisotopic (exact) mass is 185 g/mol. The second-order valence-electron chi connectivity index (χ2n) is 4.21. The van der Waals surface area contributed by atoms with Crippen LogP contribution >= 0.6 is 0 Å². The molecule has 1 rings (SSSR count). The van der Waals surface area contributed by atoms with Gasteiger partial charge in [-0.15, -0.1) is 0 Å². The molecule has 0 unspecified atom stereocenters. The molecule has 0 amide bonds. The highest BCUT2D eigenvalue weighted by molar-refractivity contribution is 4.76. The highest BCUT2D eigenvalue weighted by Gasteiger charge is 2.19. The van der Waals surface area contributed by atoms with Gasteiger partial charge in [-0.3, -0.25) is 0 Å². The van der Waals surface area contributed by atoms with Crippen molar-refractivity contribution in [1.82, 2.24) is 5.32 Å². The lowest BCUT2D eigenvalue weighted by Gasteiger charge is -2.28. The molecule has 0 aromatic carbocycles. The molecule has 0 heterocycles. The van der Waals surface area contributed by atoms with Gasteiger partial charge in [-0.2, -0.15) is 0 Å². The number of rotatable bonds is 5. The first-order chi connectivity index (χ1) is 6.36. The van der Waals surface area contributed by atoms with E-state index < -0.39 is 0 Å². The van der Waals surface area contributed by atoms with Crippen LogP contribution in [0.4, 0.5) is 0 Å². The van der Waals surface area contributed by atoms with Crippen LogP contribution in [-0.4, -0.2) is 24.3 Å². The Morgan fingerprint density at radius 2 is 1.92 bits per heavy atom. The van der Waals surface area contributed by atoms with Crippen molar-refractivity contribution in [2.75, 3.05) is 13.2 Å². The molecule has 78 valence electrons. The lowest BCUT2D eigenvalue weighted by Crippen LogP contribution is -2.34. The normalized spacial score (nSPS) is 29.1. The lowest BCUT2D eigenvalue weighted by molar-refractivity contribution is 0.175. The van der Waals surface area contributed by atoms with Gasteiger partial charge in [0.15, 0.2) is 0 Å². The Balaban J connectivity index is 2.03. The third-order valence-electron chi connectivity index (χ3n) is 3.07. The zero-order chi connectivity index (χ0) is 9.52. The first-order valence-electron chi connectivity index (χ1n) is 5.71. The summed E-state index contributed by atoms with van der Waals surface area (Å²) in [4.78, 5) is 0. The van der Waals surface area contributed by atoms with Gasteiger partial charge in [-0.05, 0) is 44.6 Å². The van der Waals surface area contributed by atoms with Crippen molar-refractivity contribution < 1.29 is 5.11 Å². The predicted octanol–water partition coefficient (Wildman–Crippen LogP) is 1.93. The molecule has 2 N–H and O–H groups in total. The van der Waals surface area contributed by atoms with E-state index in [2.05, 4.69) is 12.2 Å². The summed E-state index contributed by atoms with van der Waals surface area (Å²) in [5.74, 6) is 0.587. The Morgan fingerprint density at radius 3 is 2.46 bits per heavy atom. The minimum absolute atomic E-state index is 0.391.